The van der Waals surface area contributed by atoms with Crippen LogP contribution in [-0.2, 0) is 0 Å². The summed E-state index contributed by atoms with van der Waals surface area (Å²) < 4.78 is 0. The molecule has 0 saturated carbocycles. The molecule has 0 unspecified atom stereocenters. The molecule has 0 fully saturated rings. The Morgan fingerprint density at radius 3 is 2.05 bits per heavy atom. The SMILES string of the molecule is O=[N+]([O-])c1ccc(Nc2cc(Cl)c(Cl)cc2Cl)c([N+](=O)[O-])c1. The number of benzene rings is 2. The monoisotopic (exact) mass is 361 g/mol. The number of non-ortho nitro benzene ring substituents is 1. The van der Waals surface area contributed by atoms with Crippen molar-refractivity contribution in [1.29, 1.82) is 0 Å². The molecule has 10 heteroatoms. The van der Waals surface area contributed by atoms with Crippen molar-refractivity contribution in [2.45, 2.75) is 0 Å². The second kappa shape index (κ2) is 6.35. The van der Waals surface area contributed by atoms with Gasteiger partial charge in [-0.1, -0.05) is 34.8 Å². The lowest BCUT2D eigenvalue weighted by molar-refractivity contribution is -0.393. The minimum atomic E-state index is -0.735. The van der Waals surface area contributed by atoms with E-state index in [4.69, 9.17) is 34.8 Å². The predicted octanol–water partition coefficient (Wildman–Crippen LogP) is 5.21. The molecule has 0 atom stereocenters. The first-order valence-corrected chi connectivity index (χ1v) is 6.77. The number of nitro benzene ring substituents is 2. The molecule has 7 nitrogen and oxygen atoms in total. The van der Waals surface area contributed by atoms with Crippen molar-refractivity contribution >= 4 is 57.6 Å². The van der Waals surface area contributed by atoms with Gasteiger partial charge in [-0.3, -0.25) is 20.2 Å². The molecule has 22 heavy (non-hydrogen) atoms. The van der Waals surface area contributed by atoms with Gasteiger partial charge in [-0.25, -0.2) is 0 Å². The van der Waals surface area contributed by atoms with Crippen LogP contribution < -0.4 is 5.32 Å². The van der Waals surface area contributed by atoms with Crippen molar-refractivity contribution < 1.29 is 9.85 Å². The number of halogens is 3. The molecule has 0 aliphatic carbocycles. The van der Waals surface area contributed by atoms with Crippen LogP contribution in [0.3, 0.4) is 0 Å². The summed E-state index contributed by atoms with van der Waals surface area (Å²) in [6.07, 6.45) is 0. The normalized spacial score (nSPS) is 10.3. The summed E-state index contributed by atoms with van der Waals surface area (Å²) in [4.78, 5) is 20.3. The van der Waals surface area contributed by atoms with Crippen molar-refractivity contribution in [1.82, 2.24) is 0 Å². The highest BCUT2D eigenvalue weighted by Crippen LogP contribution is 2.37. The van der Waals surface area contributed by atoms with Gasteiger partial charge >= 0.3 is 0 Å². The Hall–Kier alpha value is -2.09. The zero-order valence-electron chi connectivity index (χ0n) is 10.5. The molecular weight excluding hydrogens is 357 g/mol. The van der Waals surface area contributed by atoms with Gasteiger partial charge in [0.25, 0.3) is 11.4 Å². The Morgan fingerprint density at radius 1 is 0.818 bits per heavy atom. The van der Waals surface area contributed by atoms with Crippen molar-refractivity contribution in [3.05, 3.63) is 65.6 Å². The molecule has 0 aromatic heterocycles. The number of nitrogens with zero attached hydrogens (tertiary/aromatic N) is 2. The summed E-state index contributed by atoms with van der Waals surface area (Å²) >= 11 is 17.6. The van der Waals surface area contributed by atoms with Gasteiger partial charge < -0.3 is 5.32 Å². The average Bonchev–Trinajstić information content (AvgIpc) is 2.44. The quantitative estimate of drug-likeness (QED) is 0.457. The van der Waals surface area contributed by atoms with Crippen LogP contribution in [0.2, 0.25) is 15.1 Å². The van der Waals surface area contributed by atoms with E-state index >= 15 is 0 Å². The van der Waals surface area contributed by atoms with Crippen LogP contribution in [0.5, 0.6) is 0 Å². The van der Waals surface area contributed by atoms with Crippen molar-refractivity contribution in [2.24, 2.45) is 0 Å². The summed E-state index contributed by atoms with van der Waals surface area (Å²) in [6, 6.07) is 5.99. The molecule has 0 aliphatic rings. The molecular formula is C12H6Cl3N3O4. The van der Waals surface area contributed by atoms with Crippen molar-refractivity contribution in [2.75, 3.05) is 5.32 Å². The average molecular weight is 363 g/mol. The largest absolute Gasteiger partial charge is 0.349 e. The van der Waals surface area contributed by atoms with Gasteiger partial charge in [0.05, 0.1) is 36.7 Å². The van der Waals surface area contributed by atoms with E-state index in [9.17, 15) is 20.2 Å². The molecule has 114 valence electrons. The van der Waals surface area contributed by atoms with E-state index in [-0.39, 0.29) is 26.4 Å². The maximum Gasteiger partial charge on any atom is 0.299 e. The van der Waals surface area contributed by atoms with Gasteiger partial charge in [-0.05, 0) is 18.2 Å². The lowest BCUT2D eigenvalue weighted by Gasteiger charge is -2.10. The Morgan fingerprint density at radius 2 is 1.45 bits per heavy atom. The van der Waals surface area contributed by atoms with Gasteiger partial charge in [0.1, 0.15) is 5.69 Å². The van der Waals surface area contributed by atoms with Crippen molar-refractivity contribution in [3.63, 3.8) is 0 Å². The van der Waals surface area contributed by atoms with Crippen LogP contribution in [0.15, 0.2) is 30.3 Å². The summed E-state index contributed by atoms with van der Waals surface area (Å²) in [5.74, 6) is 0. The van der Waals surface area contributed by atoms with E-state index in [0.29, 0.717) is 0 Å². The fourth-order valence-corrected chi connectivity index (χ4v) is 2.25. The maximum atomic E-state index is 11.1. The second-order valence-electron chi connectivity index (χ2n) is 4.09. The highest BCUT2D eigenvalue weighted by atomic mass is 35.5. The Bertz CT molecular complexity index is 782. The standard InChI is InChI=1S/C12H6Cl3N3O4/c13-7-4-9(15)11(5-8(7)14)16-10-2-1-6(17(19)20)3-12(10)18(21)22/h1-5,16H. The summed E-state index contributed by atoms with van der Waals surface area (Å²) in [5.41, 5.74) is -0.530. The van der Waals surface area contributed by atoms with Gasteiger partial charge in [0.15, 0.2) is 0 Å². The number of hydrogen-bond acceptors (Lipinski definition) is 5. The number of anilines is 2. The van der Waals surface area contributed by atoms with Crippen LogP contribution in [0, 0.1) is 20.2 Å². The molecule has 1 N–H and O–H groups in total. The highest BCUT2D eigenvalue weighted by molar-refractivity contribution is 6.44. The lowest BCUT2D eigenvalue weighted by atomic mass is 10.2. The topological polar surface area (TPSA) is 98.3 Å². The maximum absolute atomic E-state index is 11.1. The van der Waals surface area contributed by atoms with Crippen molar-refractivity contribution in [3.8, 4) is 0 Å². The molecule has 0 heterocycles. The molecule has 2 aromatic rings. The Balaban J connectivity index is 2.47. The summed E-state index contributed by atoms with van der Waals surface area (Å²) in [5, 5.41) is 25.1. The van der Waals surface area contributed by atoms with E-state index in [1.165, 1.54) is 18.2 Å². The predicted molar refractivity (Wildman–Crippen MR) is 84.5 cm³/mol. The van der Waals surface area contributed by atoms with Gasteiger partial charge in [0.2, 0.25) is 0 Å². The van der Waals surface area contributed by atoms with E-state index in [0.717, 1.165) is 12.1 Å². The van der Waals surface area contributed by atoms with E-state index in [1.807, 2.05) is 0 Å². The molecule has 0 bridgehead atoms. The first kappa shape index (κ1) is 16.3. The molecule has 0 saturated heterocycles. The molecule has 0 amide bonds. The molecule has 2 rings (SSSR count). The fourth-order valence-electron chi connectivity index (χ4n) is 1.65. The lowest BCUT2D eigenvalue weighted by Crippen LogP contribution is -1.99. The van der Waals surface area contributed by atoms with Gasteiger partial charge in [0, 0.05) is 6.07 Å². The van der Waals surface area contributed by atoms with Crippen LogP contribution in [0.1, 0.15) is 0 Å². The summed E-state index contributed by atoms with van der Waals surface area (Å²) in [7, 11) is 0. The third-order valence-electron chi connectivity index (χ3n) is 2.67. The first-order valence-electron chi connectivity index (χ1n) is 5.64. The Kier molecular flexibility index (Phi) is 4.70. The highest BCUT2D eigenvalue weighted by Gasteiger charge is 2.20. The number of nitrogens with one attached hydrogen (secondary N) is 1. The summed E-state index contributed by atoms with van der Waals surface area (Å²) in [6.45, 7) is 0. The van der Waals surface area contributed by atoms with Crippen LogP contribution in [0.4, 0.5) is 22.7 Å². The number of hydrogen-bond donors (Lipinski definition) is 1. The zero-order valence-corrected chi connectivity index (χ0v) is 12.8. The second-order valence-corrected chi connectivity index (χ2v) is 5.31. The van der Waals surface area contributed by atoms with Crippen LogP contribution >= 0.6 is 34.8 Å². The van der Waals surface area contributed by atoms with E-state index in [1.54, 1.807) is 0 Å². The molecule has 0 aliphatic heterocycles. The van der Waals surface area contributed by atoms with Gasteiger partial charge in [-0.15, -0.1) is 0 Å². The molecule has 0 spiro atoms. The number of nitro groups is 2. The third-order valence-corrected chi connectivity index (χ3v) is 3.70. The smallest absolute Gasteiger partial charge is 0.299 e. The zero-order chi connectivity index (χ0) is 16.4. The van der Waals surface area contributed by atoms with E-state index < -0.39 is 21.2 Å². The van der Waals surface area contributed by atoms with E-state index in [2.05, 4.69) is 5.32 Å². The minimum absolute atomic E-state index is 0.0379. The molecule has 2 aromatic carbocycles. The molecule has 0 radical (unpaired) electrons. The first-order chi connectivity index (χ1) is 10.3. The third kappa shape index (κ3) is 3.38. The minimum Gasteiger partial charge on any atom is -0.349 e. The Labute approximate surface area is 138 Å². The number of rotatable bonds is 4. The van der Waals surface area contributed by atoms with Crippen LogP contribution in [0.25, 0.3) is 0 Å². The van der Waals surface area contributed by atoms with Crippen LogP contribution in [-0.4, -0.2) is 9.85 Å². The fraction of sp³-hybridized carbons (Fsp3) is 0. The van der Waals surface area contributed by atoms with Gasteiger partial charge in [-0.2, -0.15) is 0 Å².